The molecule has 1 aromatic rings. The Morgan fingerprint density at radius 2 is 2.00 bits per heavy atom. The molecule has 1 saturated heterocycles. The Hall–Kier alpha value is -0.680. The van der Waals surface area contributed by atoms with Crippen LogP contribution < -0.4 is 10.2 Å². The first-order chi connectivity index (χ1) is 8.04. The van der Waals surface area contributed by atoms with Crippen LogP contribution in [0.3, 0.4) is 0 Å². The summed E-state index contributed by atoms with van der Waals surface area (Å²) in [5, 5.41) is 4.51. The Morgan fingerprint density at radius 1 is 1.35 bits per heavy atom. The fraction of sp³-hybridized carbons (Fsp3) is 0.833. The average molecular weight is 254 g/mol. The Labute approximate surface area is 108 Å². The van der Waals surface area contributed by atoms with Gasteiger partial charge in [0.25, 0.3) is 0 Å². The second-order valence-corrected chi connectivity index (χ2v) is 6.12. The molecule has 2 heterocycles. The van der Waals surface area contributed by atoms with E-state index in [0.717, 1.165) is 24.0 Å². The molecule has 0 atom stereocenters. The third kappa shape index (κ3) is 2.77. The largest absolute Gasteiger partial charge is 0.347 e. The average Bonchev–Trinajstić information content (AvgIpc) is 2.79. The number of piperidine rings is 1. The SMILES string of the molecule is CNC1(C)CCN(c2nc(C(C)C)ns2)CC1. The highest BCUT2D eigenvalue weighted by molar-refractivity contribution is 7.09. The molecule has 0 radical (unpaired) electrons. The number of aromatic nitrogens is 2. The van der Waals surface area contributed by atoms with Gasteiger partial charge in [0.2, 0.25) is 5.13 Å². The third-order valence-electron chi connectivity index (χ3n) is 3.69. The summed E-state index contributed by atoms with van der Waals surface area (Å²) in [6.07, 6.45) is 2.33. The van der Waals surface area contributed by atoms with E-state index in [1.807, 2.05) is 0 Å². The van der Waals surface area contributed by atoms with E-state index in [2.05, 4.69) is 47.4 Å². The van der Waals surface area contributed by atoms with E-state index in [1.165, 1.54) is 24.4 Å². The highest BCUT2D eigenvalue weighted by Crippen LogP contribution is 2.27. The molecule has 0 aromatic carbocycles. The second kappa shape index (κ2) is 4.90. The van der Waals surface area contributed by atoms with Crippen LogP contribution in [0.5, 0.6) is 0 Å². The summed E-state index contributed by atoms with van der Waals surface area (Å²) in [6.45, 7) is 8.72. The van der Waals surface area contributed by atoms with E-state index in [0.29, 0.717) is 11.5 Å². The molecule has 0 spiro atoms. The molecule has 1 N–H and O–H groups in total. The molecule has 0 bridgehead atoms. The Balaban J connectivity index is 2.00. The zero-order chi connectivity index (χ0) is 12.5. The van der Waals surface area contributed by atoms with Gasteiger partial charge in [-0.1, -0.05) is 13.8 Å². The van der Waals surface area contributed by atoms with E-state index < -0.39 is 0 Å². The molecule has 0 saturated carbocycles. The van der Waals surface area contributed by atoms with Gasteiger partial charge in [-0.2, -0.15) is 4.37 Å². The van der Waals surface area contributed by atoms with Crippen LogP contribution in [0.1, 0.15) is 45.4 Å². The lowest BCUT2D eigenvalue weighted by Crippen LogP contribution is -2.50. The van der Waals surface area contributed by atoms with Crippen molar-refractivity contribution in [2.75, 3.05) is 25.0 Å². The van der Waals surface area contributed by atoms with Crippen molar-refractivity contribution in [3.63, 3.8) is 0 Å². The summed E-state index contributed by atoms with van der Waals surface area (Å²) in [5.41, 5.74) is 0.294. The molecule has 17 heavy (non-hydrogen) atoms. The number of anilines is 1. The summed E-state index contributed by atoms with van der Waals surface area (Å²) in [5.74, 6) is 1.40. The Bertz CT molecular complexity index is 366. The van der Waals surface area contributed by atoms with Gasteiger partial charge < -0.3 is 10.2 Å². The summed E-state index contributed by atoms with van der Waals surface area (Å²) < 4.78 is 4.42. The zero-order valence-corrected chi connectivity index (χ0v) is 12.0. The normalized spacial score (nSPS) is 19.9. The Kier molecular flexibility index (Phi) is 3.68. The topological polar surface area (TPSA) is 41.0 Å². The summed E-state index contributed by atoms with van der Waals surface area (Å²) in [7, 11) is 2.05. The number of hydrogen-bond acceptors (Lipinski definition) is 5. The molecular weight excluding hydrogens is 232 g/mol. The molecule has 1 aromatic heterocycles. The molecule has 5 heteroatoms. The van der Waals surface area contributed by atoms with Crippen LogP contribution in [0.4, 0.5) is 5.13 Å². The van der Waals surface area contributed by atoms with Crippen molar-refractivity contribution in [1.29, 1.82) is 0 Å². The van der Waals surface area contributed by atoms with Crippen LogP contribution in [-0.4, -0.2) is 35.0 Å². The van der Waals surface area contributed by atoms with Crippen molar-refractivity contribution >= 4 is 16.7 Å². The molecule has 0 amide bonds. The van der Waals surface area contributed by atoms with E-state index >= 15 is 0 Å². The minimum Gasteiger partial charge on any atom is -0.347 e. The van der Waals surface area contributed by atoms with Crippen molar-refractivity contribution < 1.29 is 0 Å². The maximum Gasteiger partial charge on any atom is 0.205 e. The molecule has 0 unspecified atom stereocenters. The predicted octanol–water partition coefficient (Wildman–Crippen LogP) is 2.24. The molecule has 1 fully saturated rings. The first-order valence-corrected chi connectivity index (χ1v) is 7.09. The van der Waals surface area contributed by atoms with E-state index in [-0.39, 0.29) is 0 Å². The molecule has 96 valence electrons. The molecule has 1 aliphatic heterocycles. The van der Waals surface area contributed by atoms with Crippen LogP contribution in [0.15, 0.2) is 0 Å². The fourth-order valence-electron chi connectivity index (χ4n) is 2.03. The lowest BCUT2D eigenvalue weighted by Gasteiger charge is -2.39. The second-order valence-electron chi connectivity index (χ2n) is 5.39. The summed E-state index contributed by atoms with van der Waals surface area (Å²) in [6, 6.07) is 0. The quantitative estimate of drug-likeness (QED) is 0.898. The summed E-state index contributed by atoms with van der Waals surface area (Å²) >= 11 is 1.54. The molecule has 4 nitrogen and oxygen atoms in total. The smallest absolute Gasteiger partial charge is 0.205 e. The maximum absolute atomic E-state index is 4.62. The van der Waals surface area contributed by atoms with Crippen LogP contribution in [0, 0.1) is 0 Å². The number of rotatable bonds is 3. The van der Waals surface area contributed by atoms with Gasteiger partial charge in [0.15, 0.2) is 0 Å². The first kappa shape index (κ1) is 12.8. The predicted molar refractivity (Wildman–Crippen MR) is 72.9 cm³/mol. The lowest BCUT2D eigenvalue weighted by molar-refractivity contribution is 0.305. The van der Waals surface area contributed by atoms with Crippen LogP contribution >= 0.6 is 11.5 Å². The minimum absolute atomic E-state index is 0.294. The summed E-state index contributed by atoms with van der Waals surface area (Å²) in [4.78, 5) is 6.98. The number of nitrogens with zero attached hydrogens (tertiary/aromatic N) is 3. The number of hydrogen-bond donors (Lipinski definition) is 1. The van der Waals surface area contributed by atoms with Gasteiger partial charge in [-0.3, -0.25) is 0 Å². The van der Waals surface area contributed by atoms with Crippen LogP contribution in [-0.2, 0) is 0 Å². The van der Waals surface area contributed by atoms with E-state index in [1.54, 1.807) is 0 Å². The first-order valence-electron chi connectivity index (χ1n) is 6.31. The van der Waals surface area contributed by atoms with Crippen molar-refractivity contribution in [2.45, 2.75) is 45.1 Å². The van der Waals surface area contributed by atoms with Gasteiger partial charge in [-0.25, -0.2) is 4.98 Å². The van der Waals surface area contributed by atoms with Gasteiger partial charge in [-0.05, 0) is 26.8 Å². The monoisotopic (exact) mass is 254 g/mol. The minimum atomic E-state index is 0.294. The van der Waals surface area contributed by atoms with Gasteiger partial charge in [-0.15, -0.1) is 0 Å². The maximum atomic E-state index is 4.62. The molecule has 1 aliphatic rings. The fourth-order valence-corrected chi connectivity index (χ4v) is 2.89. The van der Waals surface area contributed by atoms with Crippen molar-refractivity contribution in [2.24, 2.45) is 0 Å². The van der Waals surface area contributed by atoms with Crippen LogP contribution in [0.25, 0.3) is 0 Å². The van der Waals surface area contributed by atoms with Gasteiger partial charge >= 0.3 is 0 Å². The zero-order valence-electron chi connectivity index (χ0n) is 11.2. The third-order valence-corrected chi connectivity index (χ3v) is 4.48. The highest BCUT2D eigenvalue weighted by atomic mass is 32.1. The lowest BCUT2D eigenvalue weighted by atomic mass is 9.90. The van der Waals surface area contributed by atoms with Crippen molar-refractivity contribution in [3.8, 4) is 0 Å². The highest BCUT2D eigenvalue weighted by Gasteiger charge is 2.29. The van der Waals surface area contributed by atoms with Crippen molar-refractivity contribution in [1.82, 2.24) is 14.7 Å². The number of nitrogens with one attached hydrogen (secondary N) is 1. The van der Waals surface area contributed by atoms with Crippen molar-refractivity contribution in [3.05, 3.63) is 5.82 Å². The Morgan fingerprint density at radius 3 is 2.47 bits per heavy atom. The standard InChI is InChI=1S/C12H22N4S/c1-9(2)10-14-11(17-15-10)16-7-5-12(3,13-4)6-8-16/h9,13H,5-8H2,1-4H3. The van der Waals surface area contributed by atoms with Gasteiger partial charge in [0, 0.05) is 36.1 Å². The van der Waals surface area contributed by atoms with Crippen LogP contribution in [0.2, 0.25) is 0 Å². The molecular formula is C12H22N4S. The molecule has 2 rings (SSSR count). The van der Waals surface area contributed by atoms with Gasteiger partial charge in [0.05, 0.1) is 0 Å². The van der Waals surface area contributed by atoms with E-state index in [4.69, 9.17) is 0 Å². The molecule has 0 aliphatic carbocycles. The van der Waals surface area contributed by atoms with E-state index in [9.17, 15) is 0 Å². The van der Waals surface area contributed by atoms with Gasteiger partial charge in [0.1, 0.15) is 5.82 Å².